The van der Waals surface area contributed by atoms with Crippen LogP contribution in [0.5, 0.6) is 0 Å². The molecule has 1 atom stereocenters. The van der Waals surface area contributed by atoms with Gasteiger partial charge in [0, 0.05) is 13.1 Å². The molecule has 1 unspecified atom stereocenters. The van der Waals surface area contributed by atoms with Crippen molar-refractivity contribution in [2.24, 2.45) is 5.92 Å². The summed E-state index contributed by atoms with van der Waals surface area (Å²) in [6.07, 6.45) is 1.93. The van der Waals surface area contributed by atoms with E-state index in [2.05, 4.69) is 5.32 Å². The Hall–Kier alpha value is -0.650. The number of ether oxygens (including phenoxy) is 2. The van der Waals surface area contributed by atoms with Crippen molar-refractivity contribution in [2.75, 3.05) is 46.0 Å². The van der Waals surface area contributed by atoms with Crippen LogP contribution in [0.4, 0.5) is 0 Å². The van der Waals surface area contributed by atoms with Crippen LogP contribution in [-0.4, -0.2) is 62.9 Å². The Morgan fingerprint density at radius 1 is 1.33 bits per heavy atom. The van der Waals surface area contributed by atoms with Gasteiger partial charge in [0.1, 0.15) is 0 Å². The summed E-state index contributed by atoms with van der Waals surface area (Å²) in [5.41, 5.74) is 0. The maximum atomic E-state index is 12.3. The molecule has 104 valence electrons. The lowest BCUT2D eigenvalue weighted by Gasteiger charge is -2.32. The number of piperidine rings is 1. The maximum Gasteiger partial charge on any atom is 0.254 e. The van der Waals surface area contributed by atoms with Gasteiger partial charge in [0.15, 0.2) is 6.10 Å². The van der Waals surface area contributed by atoms with Crippen LogP contribution in [0.25, 0.3) is 0 Å². The summed E-state index contributed by atoms with van der Waals surface area (Å²) in [5.74, 6) is 0.718. The number of nitrogens with one attached hydrogen (secondary N) is 1. The molecular weight excluding hydrogens is 232 g/mol. The van der Waals surface area contributed by atoms with Crippen LogP contribution in [0, 0.1) is 5.92 Å². The summed E-state index contributed by atoms with van der Waals surface area (Å²) in [4.78, 5) is 14.2. The van der Waals surface area contributed by atoms with Crippen molar-refractivity contribution in [3.05, 3.63) is 0 Å². The molecule has 2 rings (SSSR count). The second kappa shape index (κ2) is 7.07. The van der Waals surface area contributed by atoms with E-state index in [0.717, 1.165) is 39.0 Å². The largest absolute Gasteiger partial charge is 0.376 e. The minimum Gasteiger partial charge on any atom is -0.376 e. The molecule has 0 radical (unpaired) electrons. The number of rotatable bonds is 4. The molecule has 2 fully saturated rings. The van der Waals surface area contributed by atoms with Gasteiger partial charge in [-0.1, -0.05) is 0 Å². The molecule has 2 saturated heterocycles. The van der Waals surface area contributed by atoms with Crippen molar-refractivity contribution in [3.63, 3.8) is 0 Å². The van der Waals surface area contributed by atoms with E-state index in [1.165, 1.54) is 0 Å². The van der Waals surface area contributed by atoms with E-state index < -0.39 is 0 Å². The highest BCUT2D eigenvalue weighted by Crippen LogP contribution is 2.15. The molecule has 18 heavy (non-hydrogen) atoms. The van der Waals surface area contributed by atoms with Crippen LogP contribution >= 0.6 is 0 Å². The monoisotopic (exact) mass is 256 g/mol. The molecule has 2 aliphatic rings. The first-order valence-corrected chi connectivity index (χ1v) is 7.00. The normalized spacial score (nSPS) is 25.9. The first-order chi connectivity index (χ1) is 8.81. The average molecular weight is 256 g/mol. The van der Waals surface area contributed by atoms with E-state index in [0.29, 0.717) is 25.7 Å². The summed E-state index contributed by atoms with van der Waals surface area (Å²) in [5, 5.41) is 3.35. The Labute approximate surface area is 109 Å². The van der Waals surface area contributed by atoms with E-state index in [1.54, 1.807) is 0 Å². The van der Waals surface area contributed by atoms with Crippen molar-refractivity contribution in [3.8, 4) is 0 Å². The van der Waals surface area contributed by atoms with Crippen molar-refractivity contribution in [2.45, 2.75) is 25.9 Å². The van der Waals surface area contributed by atoms with Gasteiger partial charge in [-0.2, -0.15) is 0 Å². The standard InChI is InChI=1S/C13H24N2O3/c1-2-15(9-11-3-5-14-6-4-11)13(16)12-10-17-7-8-18-12/h11-12,14H,2-10H2,1H3. The molecule has 0 spiro atoms. The van der Waals surface area contributed by atoms with Gasteiger partial charge in [0.25, 0.3) is 5.91 Å². The predicted octanol–water partition coefficient (Wildman–Crippen LogP) is 0.250. The van der Waals surface area contributed by atoms with Gasteiger partial charge >= 0.3 is 0 Å². The number of nitrogens with zero attached hydrogens (tertiary/aromatic N) is 1. The topological polar surface area (TPSA) is 50.8 Å². The predicted molar refractivity (Wildman–Crippen MR) is 68.4 cm³/mol. The molecule has 5 heteroatoms. The number of hydrogen-bond donors (Lipinski definition) is 1. The van der Waals surface area contributed by atoms with Crippen molar-refractivity contribution in [1.82, 2.24) is 10.2 Å². The van der Waals surface area contributed by atoms with Crippen molar-refractivity contribution >= 4 is 5.91 Å². The van der Waals surface area contributed by atoms with E-state index in [-0.39, 0.29) is 12.0 Å². The lowest BCUT2D eigenvalue weighted by Crippen LogP contribution is -2.47. The average Bonchev–Trinajstić information content (AvgIpc) is 2.46. The zero-order valence-electron chi connectivity index (χ0n) is 11.2. The van der Waals surface area contributed by atoms with Crippen molar-refractivity contribution in [1.29, 1.82) is 0 Å². The highest BCUT2D eigenvalue weighted by molar-refractivity contribution is 5.81. The summed E-state index contributed by atoms with van der Waals surface area (Å²) in [6, 6.07) is 0. The Morgan fingerprint density at radius 2 is 2.11 bits per heavy atom. The molecule has 0 bridgehead atoms. The fourth-order valence-electron chi connectivity index (χ4n) is 2.58. The molecule has 1 N–H and O–H groups in total. The van der Waals surface area contributed by atoms with E-state index in [1.807, 2.05) is 11.8 Å². The molecular formula is C13H24N2O3. The molecule has 0 saturated carbocycles. The van der Waals surface area contributed by atoms with Crippen LogP contribution in [0.1, 0.15) is 19.8 Å². The highest BCUT2D eigenvalue weighted by atomic mass is 16.6. The van der Waals surface area contributed by atoms with Gasteiger partial charge in [-0.3, -0.25) is 4.79 Å². The van der Waals surface area contributed by atoms with E-state index in [9.17, 15) is 4.79 Å². The summed E-state index contributed by atoms with van der Waals surface area (Å²) < 4.78 is 10.8. The summed E-state index contributed by atoms with van der Waals surface area (Å²) in [7, 11) is 0. The molecule has 0 aromatic heterocycles. The Morgan fingerprint density at radius 3 is 2.72 bits per heavy atom. The van der Waals surface area contributed by atoms with Gasteiger partial charge in [-0.15, -0.1) is 0 Å². The maximum absolute atomic E-state index is 12.3. The van der Waals surface area contributed by atoms with Crippen LogP contribution < -0.4 is 5.32 Å². The number of carbonyl (C=O) groups excluding carboxylic acids is 1. The van der Waals surface area contributed by atoms with Crippen molar-refractivity contribution < 1.29 is 14.3 Å². The fraction of sp³-hybridized carbons (Fsp3) is 0.923. The third-order valence-electron chi connectivity index (χ3n) is 3.72. The molecule has 2 heterocycles. The number of hydrogen-bond acceptors (Lipinski definition) is 4. The highest BCUT2D eigenvalue weighted by Gasteiger charge is 2.28. The first-order valence-electron chi connectivity index (χ1n) is 7.00. The third-order valence-corrected chi connectivity index (χ3v) is 3.72. The molecule has 2 aliphatic heterocycles. The Kier molecular flexibility index (Phi) is 5.41. The zero-order chi connectivity index (χ0) is 12.8. The Balaban J connectivity index is 1.84. The smallest absolute Gasteiger partial charge is 0.254 e. The van der Waals surface area contributed by atoms with Gasteiger partial charge in [-0.25, -0.2) is 0 Å². The molecule has 0 aromatic rings. The number of carbonyl (C=O) groups is 1. The number of amides is 1. The summed E-state index contributed by atoms with van der Waals surface area (Å²) >= 11 is 0. The molecule has 0 aliphatic carbocycles. The minimum absolute atomic E-state index is 0.0933. The second-order valence-electron chi connectivity index (χ2n) is 5.00. The lowest BCUT2D eigenvalue weighted by atomic mass is 9.97. The van der Waals surface area contributed by atoms with Gasteiger partial charge in [0.05, 0.1) is 19.8 Å². The van der Waals surface area contributed by atoms with Gasteiger partial charge in [-0.05, 0) is 38.8 Å². The molecule has 1 amide bonds. The SMILES string of the molecule is CCN(CC1CCNCC1)C(=O)C1COCCO1. The quantitative estimate of drug-likeness (QED) is 0.783. The summed E-state index contributed by atoms with van der Waals surface area (Å²) in [6.45, 7) is 7.31. The zero-order valence-corrected chi connectivity index (χ0v) is 11.2. The van der Waals surface area contributed by atoms with Crippen LogP contribution in [-0.2, 0) is 14.3 Å². The third kappa shape index (κ3) is 3.67. The first kappa shape index (κ1) is 13.8. The fourth-order valence-corrected chi connectivity index (χ4v) is 2.58. The second-order valence-corrected chi connectivity index (χ2v) is 5.00. The van der Waals surface area contributed by atoms with Crippen LogP contribution in [0.15, 0.2) is 0 Å². The van der Waals surface area contributed by atoms with E-state index >= 15 is 0 Å². The Bertz CT molecular complexity index is 261. The van der Waals surface area contributed by atoms with Gasteiger partial charge in [0.2, 0.25) is 0 Å². The van der Waals surface area contributed by atoms with Crippen LogP contribution in [0.2, 0.25) is 0 Å². The van der Waals surface area contributed by atoms with Crippen LogP contribution in [0.3, 0.4) is 0 Å². The lowest BCUT2D eigenvalue weighted by molar-refractivity contribution is -0.158. The minimum atomic E-state index is -0.389. The van der Waals surface area contributed by atoms with E-state index in [4.69, 9.17) is 9.47 Å². The van der Waals surface area contributed by atoms with Gasteiger partial charge < -0.3 is 19.7 Å². The molecule has 5 nitrogen and oxygen atoms in total. The molecule has 0 aromatic carbocycles. The number of likely N-dealkylation sites (N-methyl/N-ethyl adjacent to an activating group) is 1.